The van der Waals surface area contributed by atoms with Crippen molar-refractivity contribution >= 4 is 11.9 Å². The second-order valence-corrected chi connectivity index (χ2v) is 10.4. The van der Waals surface area contributed by atoms with Gasteiger partial charge in [0.15, 0.2) is 0 Å². The highest BCUT2D eigenvalue weighted by molar-refractivity contribution is 5.94. The van der Waals surface area contributed by atoms with E-state index in [0.29, 0.717) is 17.2 Å². The molecule has 4 rings (SSSR count). The number of alkyl halides is 3. The predicted molar refractivity (Wildman–Crippen MR) is 147 cm³/mol. The lowest BCUT2D eigenvalue weighted by Crippen LogP contribution is -2.25. The third-order valence-electron chi connectivity index (χ3n) is 7.44. The lowest BCUT2D eigenvalue weighted by Gasteiger charge is -2.27. The van der Waals surface area contributed by atoms with E-state index in [9.17, 15) is 22.8 Å². The first-order valence-electron chi connectivity index (χ1n) is 13.6. The average molecular weight is 554 g/mol. The van der Waals surface area contributed by atoms with Crippen molar-refractivity contribution in [3.8, 4) is 16.9 Å². The normalized spacial score (nSPS) is 14.9. The Balaban J connectivity index is 1.50. The van der Waals surface area contributed by atoms with Crippen LogP contribution in [0.1, 0.15) is 78.1 Å². The maximum atomic E-state index is 13.2. The summed E-state index contributed by atoms with van der Waals surface area (Å²) in [4.78, 5) is 22.9. The van der Waals surface area contributed by atoms with Crippen molar-refractivity contribution in [2.75, 3.05) is 6.54 Å². The number of ether oxygens (including phenoxy) is 1. The van der Waals surface area contributed by atoms with Gasteiger partial charge in [0.05, 0.1) is 12.0 Å². The third kappa shape index (κ3) is 7.87. The third-order valence-corrected chi connectivity index (χ3v) is 7.44. The molecule has 1 fully saturated rings. The van der Waals surface area contributed by atoms with E-state index >= 15 is 0 Å². The van der Waals surface area contributed by atoms with Gasteiger partial charge in [-0.1, -0.05) is 68.5 Å². The minimum atomic E-state index is -4.38. The van der Waals surface area contributed by atoms with Crippen LogP contribution in [0.4, 0.5) is 13.2 Å². The molecule has 5 nitrogen and oxygen atoms in total. The van der Waals surface area contributed by atoms with Crippen LogP contribution in [0.5, 0.6) is 5.75 Å². The molecule has 1 unspecified atom stereocenters. The first-order valence-corrected chi connectivity index (χ1v) is 13.6. The number of hydrogen-bond donors (Lipinski definition) is 2. The molecule has 1 atom stereocenters. The quantitative estimate of drug-likeness (QED) is 0.267. The molecule has 0 aromatic heterocycles. The van der Waals surface area contributed by atoms with E-state index in [1.807, 2.05) is 24.3 Å². The summed E-state index contributed by atoms with van der Waals surface area (Å²) >= 11 is 0. The molecule has 0 spiro atoms. The fraction of sp³-hybridized carbons (Fsp3) is 0.375. The number of rotatable bonds is 10. The van der Waals surface area contributed by atoms with Crippen molar-refractivity contribution in [2.45, 2.75) is 64.1 Å². The minimum absolute atomic E-state index is 0.0535. The summed E-state index contributed by atoms with van der Waals surface area (Å²) in [6.07, 6.45) is 2.06. The summed E-state index contributed by atoms with van der Waals surface area (Å²) < 4.78 is 46.0. The molecule has 0 heterocycles. The second kappa shape index (κ2) is 13.0. The van der Waals surface area contributed by atoms with Crippen LogP contribution in [0.25, 0.3) is 11.1 Å². The summed E-state index contributed by atoms with van der Waals surface area (Å²) in [7, 11) is 0. The molecule has 0 bridgehead atoms. The van der Waals surface area contributed by atoms with Gasteiger partial charge in [-0.3, -0.25) is 9.59 Å². The summed E-state index contributed by atoms with van der Waals surface area (Å²) in [6.45, 7) is 1.53. The fourth-order valence-electron chi connectivity index (χ4n) is 5.26. The highest BCUT2D eigenvalue weighted by Crippen LogP contribution is 2.37. The molecule has 8 heteroatoms. The van der Waals surface area contributed by atoms with Crippen molar-refractivity contribution in [3.05, 3.63) is 89.0 Å². The van der Waals surface area contributed by atoms with Gasteiger partial charge in [-0.05, 0) is 71.8 Å². The van der Waals surface area contributed by atoms with E-state index in [1.165, 1.54) is 32.3 Å². The van der Waals surface area contributed by atoms with Gasteiger partial charge in [0.1, 0.15) is 11.9 Å². The Morgan fingerprint density at radius 3 is 2.20 bits per heavy atom. The van der Waals surface area contributed by atoms with Crippen LogP contribution in [-0.2, 0) is 11.0 Å². The van der Waals surface area contributed by atoms with Crippen molar-refractivity contribution in [1.29, 1.82) is 0 Å². The SMILES string of the molecule is Cc1cc(-c2ccc(C(CC3CCCCC3)Oc3ccc(C(=O)NCCC(=O)O)cc3)cc2)ccc1C(F)(F)F. The first-order chi connectivity index (χ1) is 19.1. The van der Waals surface area contributed by atoms with Crippen LogP contribution in [0.3, 0.4) is 0 Å². The van der Waals surface area contributed by atoms with Crippen molar-refractivity contribution in [1.82, 2.24) is 5.32 Å². The standard InChI is InChI=1S/C32H34F3NO4/c1-21-19-26(13-16-28(21)32(33,34)35)23-7-9-24(10-8-23)29(20-22-5-3-2-4-6-22)40-27-14-11-25(12-15-27)31(39)36-18-17-30(37)38/h7-16,19,22,29H,2-6,17-18,20H2,1H3,(H,36,39)(H,37,38). The molecule has 0 saturated heterocycles. The van der Waals surface area contributed by atoms with Gasteiger partial charge >= 0.3 is 12.1 Å². The Morgan fingerprint density at radius 2 is 1.60 bits per heavy atom. The molecule has 1 aliphatic carbocycles. The average Bonchev–Trinajstić information content (AvgIpc) is 2.93. The summed E-state index contributed by atoms with van der Waals surface area (Å²) in [5.41, 5.74) is 2.50. The lowest BCUT2D eigenvalue weighted by molar-refractivity contribution is -0.138. The molecule has 1 amide bonds. The number of benzene rings is 3. The van der Waals surface area contributed by atoms with Crippen LogP contribution < -0.4 is 10.1 Å². The van der Waals surface area contributed by atoms with Crippen molar-refractivity contribution < 1.29 is 32.6 Å². The lowest BCUT2D eigenvalue weighted by atomic mass is 9.84. The number of aliphatic carboxylic acids is 1. The second-order valence-electron chi connectivity index (χ2n) is 10.4. The number of aryl methyl sites for hydroxylation is 1. The van der Waals surface area contributed by atoms with E-state index in [0.717, 1.165) is 42.0 Å². The van der Waals surface area contributed by atoms with E-state index in [-0.39, 0.29) is 30.5 Å². The molecule has 40 heavy (non-hydrogen) atoms. The number of carbonyl (C=O) groups is 2. The first kappa shape index (κ1) is 29.2. The molecular weight excluding hydrogens is 519 g/mol. The zero-order chi connectivity index (χ0) is 28.7. The molecule has 212 valence electrons. The molecule has 3 aromatic rings. The van der Waals surface area contributed by atoms with E-state index < -0.39 is 17.7 Å². The van der Waals surface area contributed by atoms with Crippen LogP contribution >= 0.6 is 0 Å². The molecular formula is C32H34F3NO4. The van der Waals surface area contributed by atoms with Crippen LogP contribution in [0.15, 0.2) is 66.7 Å². The van der Waals surface area contributed by atoms with Gasteiger partial charge in [0.2, 0.25) is 0 Å². The summed E-state index contributed by atoms with van der Waals surface area (Å²) in [5.74, 6) is -0.170. The maximum Gasteiger partial charge on any atom is 0.416 e. The zero-order valence-electron chi connectivity index (χ0n) is 22.5. The Morgan fingerprint density at radius 1 is 0.950 bits per heavy atom. The Bertz CT molecular complexity index is 1300. The number of amides is 1. The van der Waals surface area contributed by atoms with Gasteiger partial charge in [-0.2, -0.15) is 13.2 Å². The van der Waals surface area contributed by atoms with Crippen molar-refractivity contribution in [3.63, 3.8) is 0 Å². The Hall–Kier alpha value is -3.81. The summed E-state index contributed by atoms with van der Waals surface area (Å²) in [6, 6.07) is 18.7. The van der Waals surface area contributed by atoms with Gasteiger partial charge < -0.3 is 15.2 Å². The zero-order valence-corrected chi connectivity index (χ0v) is 22.5. The van der Waals surface area contributed by atoms with Crippen LogP contribution in [0, 0.1) is 12.8 Å². The molecule has 0 aliphatic heterocycles. The van der Waals surface area contributed by atoms with Crippen LogP contribution in [0.2, 0.25) is 0 Å². The number of nitrogens with one attached hydrogen (secondary N) is 1. The van der Waals surface area contributed by atoms with Gasteiger partial charge in [0.25, 0.3) is 5.91 Å². The topological polar surface area (TPSA) is 75.6 Å². The smallest absolute Gasteiger partial charge is 0.416 e. The van der Waals surface area contributed by atoms with Gasteiger partial charge in [-0.15, -0.1) is 0 Å². The van der Waals surface area contributed by atoms with E-state index in [1.54, 1.807) is 30.3 Å². The number of carboxylic acid groups (broad SMARTS) is 1. The molecule has 2 N–H and O–H groups in total. The van der Waals surface area contributed by atoms with E-state index in [2.05, 4.69) is 5.32 Å². The van der Waals surface area contributed by atoms with Crippen molar-refractivity contribution in [2.24, 2.45) is 5.92 Å². The Kier molecular flexibility index (Phi) is 9.50. The largest absolute Gasteiger partial charge is 0.486 e. The highest BCUT2D eigenvalue weighted by Gasteiger charge is 2.32. The Labute approximate surface area is 232 Å². The van der Waals surface area contributed by atoms with Crippen LogP contribution in [-0.4, -0.2) is 23.5 Å². The highest BCUT2D eigenvalue weighted by atomic mass is 19.4. The van der Waals surface area contributed by atoms with Gasteiger partial charge in [0, 0.05) is 12.1 Å². The number of hydrogen-bond acceptors (Lipinski definition) is 3. The summed E-state index contributed by atoms with van der Waals surface area (Å²) in [5, 5.41) is 11.3. The molecule has 0 radical (unpaired) electrons. The van der Waals surface area contributed by atoms with Gasteiger partial charge in [-0.25, -0.2) is 0 Å². The minimum Gasteiger partial charge on any atom is -0.486 e. The molecule has 1 aliphatic rings. The predicted octanol–water partition coefficient (Wildman–Crippen LogP) is 7.98. The van der Waals surface area contributed by atoms with E-state index in [4.69, 9.17) is 9.84 Å². The molecule has 3 aromatic carbocycles. The fourth-order valence-corrected chi connectivity index (χ4v) is 5.26. The maximum absolute atomic E-state index is 13.2. The number of carbonyl (C=O) groups excluding carboxylic acids is 1. The monoisotopic (exact) mass is 553 g/mol. The number of carboxylic acids is 1. The molecule has 1 saturated carbocycles. The number of halogens is 3.